The minimum atomic E-state index is -0.479. The van der Waals surface area contributed by atoms with E-state index >= 15 is 0 Å². The molecular weight excluding hydrogens is 298 g/mol. The second kappa shape index (κ2) is 6.10. The van der Waals surface area contributed by atoms with Crippen molar-refractivity contribution in [3.63, 3.8) is 0 Å². The van der Waals surface area contributed by atoms with Crippen molar-refractivity contribution in [1.82, 2.24) is 0 Å². The first-order valence-electron chi connectivity index (χ1n) is 6.69. The van der Waals surface area contributed by atoms with E-state index in [4.69, 9.17) is 4.42 Å². The zero-order valence-electron chi connectivity index (χ0n) is 11.8. The minimum absolute atomic E-state index is 0.00490. The lowest BCUT2D eigenvalue weighted by atomic mass is 10.2. The molecule has 3 aromatic rings. The molecule has 0 radical (unpaired) electrons. The second-order valence-corrected chi connectivity index (χ2v) is 4.69. The normalized spacial score (nSPS) is 11.0. The average Bonchev–Trinajstić information content (AvgIpc) is 2.57. The van der Waals surface area contributed by atoms with Gasteiger partial charge >= 0.3 is 0 Å². The SMILES string of the molecule is O=c1c(C=NNc2ccc([N+](=O)[O-])cc2)coc2ccccc12. The molecular formula is C16H11N3O4. The van der Waals surface area contributed by atoms with E-state index in [9.17, 15) is 14.9 Å². The van der Waals surface area contributed by atoms with Crippen LogP contribution in [0, 0.1) is 10.1 Å². The number of nitrogens with zero attached hydrogens (tertiary/aromatic N) is 2. The maximum absolute atomic E-state index is 12.2. The van der Waals surface area contributed by atoms with E-state index in [1.165, 1.54) is 36.7 Å². The molecule has 1 N–H and O–H groups in total. The highest BCUT2D eigenvalue weighted by atomic mass is 16.6. The molecule has 7 nitrogen and oxygen atoms in total. The van der Waals surface area contributed by atoms with Crippen molar-refractivity contribution in [3.05, 3.63) is 80.7 Å². The standard InChI is InChI=1S/C16H11N3O4/c20-16-11(10-23-15-4-2-1-3-14(15)16)9-17-18-12-5-7-13(8-6-12)19(21)22/h1-10,18H. The summed E-state index contributed by atoms with van der Waals surface area (Å²) in [5, 5.41) is 15.0. The Kier molecular flexibility index (Phi) is 3.84. The van der Waals surface area contributed by atoms with Gasteiger partial charge in [-0.15, -0.1) is 0 Å². The van der Waals surface area contributed by atoms with Gasteiger partial charge in [0, 0.05) is 12.1 Å². The molecule has 23 heavy (non-hydrogen) atoms. The summed E-state index contributed by atoms with van der Waals surface area (Å²) >= 11 is 0. The predicted molar refractivity (Wildman–Crippen MR) is 86.8 cm³/mol. The zero-order valence-corrected chi connectivity index (χ0v) is 11.8. The summed E-state index contributed by atoms with van der Waals surface area (Å²) in [6.45, 7) is 0. The van der Waals surface area contributed by atoms with Gasteiger partial charge in [0.1, 0.15) is 11.8 Å². The maximum Gasteiger partial charge on any atom is 0.269 e. The summed E-state index contributed by atoms with van der Waals surface area (Å²) in [6.07, 6.45) is 2.69. The number of fused-ring (bicyclic) bond motifs is 1. The summed E-state index contributed by atoms with van der Waals surface area (Å²) in [5.74, 6) is 0. The van der Waals surface area contributed by atoms with Crippen molar-refractivity contribution in [2.75, 3.05) is 5.43 Å². The number of nitro groups is 1. The highest BCUT2D eigenvalue weighted by Crippen LogP contribution is 2.15. The third kappa shape index (κ3) is 3.08. The van der Waals surface area contributed by atoms with E-state index < -0.39 is 4.92 Å². The van der Waals surface area contributed by atoms with Crippen LogP contribution in [0.4, 0.5) is 11.4 Å². The molecule has 0 bridgehead atoms. The number of rotatable bonds is 4. The largest absolute Gasteiger partial charge is 0.463 e. The fraction of sp³-hybridized carbons (Fsp3) is 0. The highest BCUT2D eigenvalue weighted by Gasteiger charge is 2.05. The number of hydrazone groups is 1. The van der Waals surface area contributed by atoms with Gasteiger partial charge in [0.15, 0.2) is 0 Å². The Morgan fingerprint density at radius 2 is 1.87 bits per heavy atom. The molecule has 0 saturated carbocycles. The van der Waals surface area contributed by atoms with Gasteiger partial charge in [-0.2, -0.15) is 5.10 Å². The number of non-ortho nitro benzene ring substituents is 1. The third-order valence-corrected chi connectivity index (χ3v) is 3.18. The molecule has 0 aliphatic rings. The Bertz CT molecular complexity index is 945. The molecule has 0 unspecified atom stereocenters. The topological polar surface area (TPSA) is 97.7 Å². The van der Waals surface area contributed by atoms with Crippen LogP contribution in [-0.4, -0.2) is 11.1 Å². The summed E-state index contributed by atoms with van der Waals surface area (Å²) in [5.41, 5.74) is 3.90. The van der Waals surface area contributed by atoms with Gasteiger partial charge < -0.3 is 4.42 Å². The lowest BCUT2D eigenvalue weighted by molar-refractivity contribution is -0.384. The molecule has 0 atom stereocenters. The average molecular weight is 309 g/mol. The molecule has 0 aliphatic heterocycles. The number of benzene rings is 2. The molecule has 114 valence electrons. The predicted octanol–water partition coefficient (Wildman–Crippen LogP) is 3.15. The van der Waals surface area contributed by atoms with Gasteiger partial charge in [0.2, 0.25) is 5.43 Å². The molecule has 1 heterocycles. The van der Waals surface area contributed by atoms with Crippen molar-refractivity contribution in [2.24, 2.45) is 5.10 Å². The molecule has 0 aliphatic carbocycles. The summed E-state index contributed by atoms with van der Waals surface area (Å²) < 4.78 is 5.37. The van der Waals surface area contributed by atoms with Crippen LogP contribution in [0.5, 0.6) is 0 Å². The van der Waals surface area contributed by atoms with Crippen LogP contribution in [0.2, 0.25) is 0 Å². The number of hydrogen-bond acceptors (Lipinski definition) is 6. The van der Waals surface area contributed by atoms with Crippen LogP contribution in [0.15, 0.2) is 69.1 Å². The Morgan fingerprint density at radius 3 is 2.61 bits per heavy atom. The molecule has 2 aromatic carbocycles. The van der Waals surface area contributed by atoms with E-state index in [0.717, 1.165) is 0 Å². The Morgan fingerprint density at radius 1 is 1.13 bits per heavy atom. The van der Waals surface area contributed by atoms with Crippen LogP contribution in [0.1, 0.15) is 5.56 Å². The molecule has 0 fully saturated rings. The van der Waals surface area contributed by atoms with Crippen molar-refractivity contribution in [2.45, 2.75) is 0 Å². The molecule has 7 heteroatoms. The Hall–Kier alpha value is -3.48. The van der Waals surface area contributed by atoms with Crippen LogP contribution < -0.4 is 10.9 Å². The summed E-state index contributed by atoms with van der Waals surface area (Å²) in [7, 11) is 0. The van der Waals surface area contributed by atoms with Gasteiger partial charge in [-0.3, -0.25) is 20.3 Å². The van der Waals surface area contributed by atoms with E-state index in [2.05, 4.69) is 10.5 Å². The first-order valence-corrected chi connectivity index (χ1v) is 6.69. The zero-order chi connectivity index (χ0) is 16.2. The number of nitrogens with one attached hydrogen (secondary N) is 1. The molecule has 3 rings (SSSR count). The highest BCUT2D eigenvalue weighted by molar-refractivity contribution is 5.86. The monoisotopic (exact) mass is 309 g/mol. The first-order chi connectivity index (χ1) is 11.1. The quantitative estimate of drug-likeness (QED) is 0.453. The molecule has 0 amide bonds. The van der Waals surface area contributed by atoms with E-state index in [1.807, 2.05) is 0 Å². The number of anilines is 1. The Labute approximate surface area is 130 Å². The second-order valence-electron chi connectivity index (χ2n) is 4.69. The Balaban J connectivity index is 1.79. The van der Waals surface area contributed by atoms with Crippen LogP contribution >= 0.6 is 0 Å². The lowest BCUT2D eigenvalue weighted by Crippen LogP contribution is -2.08. The third-order valence-electron chi connectivity index (χ3n) is 3.18. The van der Waals surface area contributed by atoms with Gasteiger partial charge in [-0.25, -0.2) is 0 Å². The van der Waals surface area contributed by atoms with Crippen molar-refractivity contribution in [1.29, 1.82) is 0 Å². The molecule has 1 aromatic heterocycles. The van der Waals surface area contributed by atoms with Crippen molar-refractivity contribution < 1.29 is 9.34 Å². The van der Waals surface area contributed by atoms with Crippen molar-refractivity contribution >= 4 is 28.6 Å². The van der Waals surface area contributed by atoms with Crippen molar-refractivity contribution in [3.8, 4) is 0 Å². The summed E-state index contributed by atoms with van der Waals surface area (Å²) in [4.78, 5) is 22.3. The van der Waals surface area contributed by atoms with Gasteiger partial charge in [0.25, 0.3) is 5.69 Å². The fourth-order valence-corrected chi connectivity index (χ4v) is 2.02. The van der Waals surface area contributed by atoms with Gasteiger partial charge in [0.05, 0.1) is 27.8 Å². The lowest BCUT2D eigenvalue weighted by Gasteiger charge is -2.00. The fourth-order valence-electron chi connectivity index (χ4n) is 2.02. The van der Waals surface area contributed by atoms with Crippen LogP contribution in [0.25, 0.3) is 11.0 Å². The summed E-state index contributed by atoms with van der Waals surface area (Å²) in [6, 6.07) is 12.7. The maximum atomic E-state index is 12.2. The van der Waals surface area contributed by atoms with E-state index in [-0.39, 0.29) is 11.1 Å². The van der Waals surface area contributed by atoms with E-state index in [1.54, 1.807) is 24.3 Å². The number of hydrogen-bond donors (Lipinski definition) is 1. The minimum Gasteiger partial charge on any atom is -0.463 e. The van der Waals surface area contributed by atoms with Gasteiger partial charge in [-0.1, -0.05) is 12.1 Å². The first kappa shape index (κ1) is 14.5. The molecule has 0 spiro atoms. The van der Waals surface area contributed by atoms with E-state index in [0.29, 0.717) is 22.2 Å². The smallest absolute Gasteiger partial charge is 0.269 e. The van der Waals surface area contributed by atoms with Crippen LogP contribution in [0.3, 0.4) is 0 Å². The number of para-hydroxylation sites is 1. The van der Waals surface area contributed by atoms with Gasteiger partial charge in [-0.05, 0) is 24.3 Å². The van der Waals surface area contributed by atoms with Crippen LogP contribution in [-0.2, 0) is 0 Å². The number of nitro benzene ring substituents is 1. The molecule has 0 saturated heterocycles.